The highest BCUT2D eigenvalue weighted by Crippen LogP contribution is 2.30. The van der Waals surface area contributed by atoms with Gasteiger partial charge in [-0.3, -0.25) is 0 Å². The van der Waals surface area contributed by atoms with Crippen molar-refractivity contribution in [2.75, 3.05) is 0 Å². The lowest BCUT2D eigenvalue weighted by atomic mass is 9.91. The molecule has 122 valence electrons. The number of hydrogen-bond donors (Lipinski definition) is 2. The summed E-state index contributed by atoms with van der Waals surface area (Å²) in [5, 5.41) is 18.9. The molecule has 0 aliphatic carbocycles. The fraction of sp³-hybridized carbons (Fsp3) is 0.100. The van der Waals surface area contributed by atoms with Crippen molar-refractivity contribution in [2.45, 2.75) is 12.8 Å². The van der Waals surface area contributed by atoms with Gasteiger partial charge in [0.2, 0.25) is 0 Å². The average molecular weight is 322 g/mol. The summed E-state index contributed by atoms with van der Waals surface area (Å²) in [6, 6.07) is 9.85. The SMILES string of the molecule is C=CCc1ccc(C(=O)O)c(-c2cc(CC=C)ccc2C(=O)O)c1. The lowest BCUT2D eigenvalue weighted by Crippen LogP contribution is -2.05. The van der Waals surface area contributed by atoms with Crippen LogP contribution in [-0.2, 0) is 12.8 Å². The highest BCUT2D eigenvalue weighted by atomic mass is 16.4. The number of carboxylic acid groups (broad SMARTS) is 2. The van der Waals surface area contributed by atoms with Crippen molar-refractivity contribution in [1.29, 1.82) is 0 Å². The first kappa shape index (κ1) is 17.2. The maximum Gasteiger partial charge on any atom is 0.336 e. The highest BCUT2D eigenvalue weighted by molar-refractivity contribution is 6.02. The number of benzene rings is 2. The van der Waals surface area contributed by atoms with Crippen LogP contribution in [0.3, 0.4) is 0 Å². The molecule has 4 heteroatoms. The van der Waals surface area contributed by atoms with Crippen LogP contribution in [0.1, 0.15) is 31.8 Å². The number of rotatable bonds is 7. The van der Waals surface area contributed by atoms with Gasteiger partial charge in [-0.05, 0) is 59.4 Å². The maximum absolute atomic E-state index is 11.6. The molecular weight excluding hydrogens is 304 g/mol. The zero-order valence-corrected chi connectivity index (χ0v) is 13.2. The van der Waals surface area contributed by atoms with Crippen LogP contribution >= 0.6 is 0 Å². The Balaban J connectivity index is 2.76. The zero-order valence-electron chi connectivity index (χ0n) is 13.2. The van der Waals surface area contributed by atoms with Gasteiger partial charge in [0.1, 0.15) is 0 Å². The first-order valence-corrected chi connectivity index (χ1v) is 7.42. The zero-order chi connectivity index (χ0) is 17.7. The third-order valence-electron chi connectivity index (χ3n) is 3.68. The molecule has 0 aliphatic heterocycles. The van der Waals surface area contributed by atoms with E-state index >= 15 is 0 Å². The van der Waals surface area contributed by atoms with Gasteiger partial charge < -0.3 is 10.2 Å². The van der Waals surface area contributed by atoms with E-state index in [-0.39, 0.29) is 11.1 Å². The van der Waals surface area contributed by atoms with Crippen LogP contribution in [-0.4, -0.2) is 22.2 Å². The molecule has 2 N–H and O–H groups in total. The molecule has 2 aromatic carbocycles. The number of hydrogen-bond acceptors (Lipinski definition) is 2. The summed E-state index contributed by atoms with van der Waals surface area (Å²) in [7, 11) is 0. The first-order chi connectivity index (χ1) is 11.5. The van der Waals surface area contributed by atoms with Gasteiger partial charge in [-0.1, -0.05) is 24.3 Å². The van der Waals surface area contributed by atoms with Crippen LogP contribution in [0.4, 0.5) is 0 Å². The molecule has 0 atom stereocenters. The molecule has 0 bridgehead atoms. The largest absolute Gasteiger partial charge is 0.478 e. The molecule has 4 nitrogen and oxygen atoms in total. The van der Waals surface area contributed by atoms with Gasteiger partial charge in [-0.25, -0.2) is 9.59 Å². The summed E-state index contributed by atoms with van der Waals surface area (Å²) >= 11 is 0. The Morgan fingerprint density at radius 2 is 1.17 bits per heavy atom. The second-order valence-electron chi connectivity index (χ2n) is 5.36. The first-order valence-electron chi connectivity index (χ1n) is 7.42. The summed E-state index contributed by atoms with van der Waals surface area (Å²) in [5.74, 6) is -2.19. The molecule has 0 aromatic heterocycles. The Kier molecular flexibility index (Phi) is 5.32. The molecule has 0 radical (unpaired) electrons. The summed E-state index contributed by atoms with van der Waals surface area (Å²) < 4.78 is 0. The molecule has 0 unspecified atom stereocenters. The fourth-order valence-electron chi connectivity index (χ4n) is 2.59. The van der Waals surface area contributed by atoms with Crippen molar-refractivity contribution in [3.05, 3.63) is 84.0 Å². The van der Waals surface area contributed by atoms with Crippen LogP contribution in [0.5, 0.6) is 0 Å². The molecule has 0 aliphatic rings. The van der Waals surface area contributed by atoms with Gasteiger partial charge in [-0.15, -0.1) is 13.2 Å². The molecule has 24 heavy (non-hydrogen) atoms. The van der Waals surface area contributed by atoms with Gasteiger partial charge >= 0.3 is 11.9 Å². The third-order valence-corrected chi connectivity index (χ3v) is 3.68. The molecule has 2 rings (SSSR count). The van der Waals surface area contributed by atoms with E-state index in [1.807, 2.05) is 0 Å². The molecular formula is C20H18O4. The minimum Gasteiger partial charge on any atom is -0.478 e. The molecule has 0 heterocycles. The molecule has 0 fully saturated rings. The van der Waals surface area contributed by atoms with Gasteiger partial charge in [0.25, 0.3) is 0 Å². The second-order valence-corrected chi connectivity index (χ2v) is 5.36. The lowest BCUT2D eigenvalue weighted by molar-refractivity contribution is 0.0684. The van der Waals surface area contributed by atoms with Gasteiger partial charge in [0, 0.05) is 0 Å². The van der Waals surface area contributed by atoms with E-state index in [9.17, 15) is 19.8 Å². The van der Waals surface area contributed by atoms with E-state index < -0.39 is 11.9 Å². The van der Waals surface area contributed by atoms with Crippen molar-refractivity contribution in [1.82, 2.24) is 0 Å². The smallest absolute Gasteiger partial charge is 0.336 e. The van der Waals surface area contributed by atoms with Crippen LogP contribution in [0.15, 0.2) is 61.7 Å². The predicted molar refractivity (Wildman–Crippen MR) is 93.6 cm³/mol. The van der Waals surface area contributed by atoms with Crippen LogP contribution in [0.2, 0.25) is 0 Å². The average Bonchev–Trinajstić information content (AvgIpc) is 2.55. The molecule has 2 aromatic rings. The van der Waals surface area contributed by atoms with Crippen molar-refractivity contribution in [3.63, 3.8) is 0 Å². The van der Waals surface area contributed by atoms with E-state index in [1.165, 1.54) is 12.1 Å². The van der Waals surface area contributed by atoms with Crippen molar-refractivity contribution < 1.29 is 19.8 Å². The normalized spacial score (nSPS) is 10.2. The molecule has 0 saturated heterocycles. The third kappa shape index (κ3) is 3.60. The lowest BCUT2D eigenvalue weighted by Gasteiger charge is -2.13. The number of carbonyl (C=O) groups is 2. The van der Waals surface area contributed by atoms with E-state index in [4.69, 9.17) is 0 Å². The second kappa shape index (κ2) is 7.42. The Morgan fingerprint density at radius 1 is 0.792 bits per heavy atom. The van der Waals surface area contributed by atoms with Crippen molar-refractivity contribution in [2.24, 2.45) is 0 Å². The number of allylic oxidation sites excluding steroid dienone is 2. The van der Waals surface area contributed by atoms with Gasteiger partial charge in [-0.2, -0.15) is 0 Å². The highest BCUT2D eigenvalue weighted by Gasteiger charge is 2.18. The van der Waals surface area contributed by atoms with E-state index in [0.29, 0.717) is 24.0 Å². The summed E-state index contributed by atoms with van der Waals surface area (Å²) in [5.41, 5.74) is 2.67. The number of carboxylic acids is 2. The standard InChI is InChI=1S/C20H18O4/c1-3-5-13-7-9-15(19(21)22)17(11-13)18-12-14(6-4-2)8-10-16(18)20(23)24/h3-4,7-12H,1-2,5-6H2,(H,21,22)(H,23,24). The Morgan fingerprint density at radius 3 is 1.46 bits per heavy atom. The van der Waals surface area contributed by atoms with Crippen molar-refractivity contribution >= 4 is 11.9 Å². The Hall–Kier alpha value is -3.14. The van der Waals surface area contributed by atoms with E-state index in [2.05, 4.69) is 13.2 Å². The molecule has 0 amide bonds. The van der Waals surface area contributed by atoms with Gasteiger partial charge in [0.05, 0.1) is 11.1 Å². The van der Waals surface area contributed by atoms with E-state index in [0.717, 1.165) is 11.1 Å². The predicted octanol–water partition coefficient (Wildman–Crippen LogP) is 4.21. The Labute approximate surface area is 140 Å². The summed E-state index contributed by atoms with van der Waals surface area (Å²) in [4.78, 5) is 23.1. The summed E-state index contributed by atoms with van der Waals surface area (Å²) in [6.45, 7) is 7.36. The molecule has 0 spiro atoms. The van der Waals surface area contributed by atoms with Crippen LogP contribution in [0, 0.1) is 0 Å². The van der Waals surface area contributed by atoms with E-state index in [1.54, 1.807) is 36.4 Å². The quantitative estimate of drug-likeness (QED) is 0.749. The van der Waals surface area contributed by atoms with Crippen LogP contribution in [0.25, 0.3) is 11.1 Å². The topological polar surface area (TPSA) is 74.6 Å². The summed E-state index contributed by atoms with van der Waals surface area (Å²) in [6.07, 6.45) is 4.57. The van der Waals surface area contributed by atoms with Crippen LogP contribution < -0.4 is 0 Å². The number of aromatic carboxylic acids is 2. The monoisotopic (exact) mass is 322 g/mol. The maximum atomic E-state index is 11.6. The minimum absolute atomic E-state index is 0.0704. The fourth-order valence-corrected chi connectivity index (χ4v) is 2.59. The van der Waals surface area contributed by atoms with Gasteiger partial charge in [0.15, 0.2) is 0 Å². The molecule has 0 saturated carbocycles. The Bertz CT molecular complexity index is 749. The van der Waals surface area contributed by atoms with Crippen molar-refractivity contribution in [3.8, 4) is 11.1 Å². The minimum atomic E-state index is -1.10.